The number of urea groups is 1. The van der Waals surface area contributed by atoms with Crippen molar-refractivity contribution >= 4 is 23.5 Å². The molecule has 0 bridgehead atoms. The molecular weight excluding hydrogens is 362 g/mol. The fourth-order valence-corrected chi connectivity index (χ4v) is 3.44. The number of carbonyl (C=O) groups is 2. The molecule has 2 aromatic rings. The topological polar surface area (TPSA) is 52.7 Å². The van der Waals surface area contributed by atoms with E-state index in [9.17, 15) is 9.59 Å². The third-order valence-corrected chi connectivity index (χ3v) is 4.83. The van der Waals surface area contributed by atoms with Crippen LogP contribution in [0.25, 0.3) is 0 Å². The van der Waals surface area contributed by atoms with Gasteiger partial charge in [-0.3, -0.25) is 4.79 Å². The third kappa shape index (κ3) is 5.47. The van der Waals surface area contributed by atoms with Crippen LogP contribution in [0.15, 0.2) is 48.5 Å². The van der Waals surface area contributed by atoms with Crippen LogP contribution >= 0.6 is 11.6 Å². The minimum atomic E-state index is -0.124. The number of benzene rings is 2. The first-order valence-electron chi connectivity index (χ1n) is 9.12. The van der Waals surface area contributed by atoms with Gasteiger partial charge in [0.2, 0.25) is 5.91 Å². The van der Waals surface area contributed by atoms with E-state index < -0.39 is 0 Å². The minimum absolute atomic E-state index is 0.0959. The first kappa shape index (κ1) is 19.2. The zero-order chi connectivity index (χ0) is 19.2. The van der Waals surface area contributed by atoms with Gasteiger partial charge in [-0.25, -0.2) is 4.79 Å². The Balaban J connectivity index is 1.44. The van der Waals surface area contributed by atoms with Gasteiger partial charge in [-0.2, -0.15) is 0 Å². The van der Waals surface area contributed by atoms with Crippen molar-refractivity contribution in [1.82, 2.24) is 15.1 Å². The minimum Gasteiger partial charge on any atom is -0.354 e. The first-order valence-corrected chi connectivity index (χ1v) is 9.49. The Morgan fingerprint density at radius 1 is 1.07 bits per heavy atom. The van der Waals surface area contributed by atoms with Gasteiger partial charge in [-0.1, -0.05) is 53.6 Å². The number of carbonyl (C=O) groups excluding carboxylic acids is 2. The highest BCUT2D eigenvalue weighted by atomic mass is 35.5. The van der Waals surface area contributed by atoms with Crippen LogP contribution in [0.3, 0.4) is 0 Å². The van der Waals surface area contributed by atoms with Crippen LogP contribution in [0.1, 0.15) is 16.7 Å². The second kappa shape index (κ2) is 8.91. The number of halogens is 1. The molecule has 1 fully saturated rings. The van der Waals surface area contributed by atoms with Crippen molar-refractivity contribution in [2.24, 2.45) is 0 Å². The molecule has 0 saturated carbocycles. The smallest absolute Gasteiger partial charge is 0.320 e. The van der Waals surface area contributed by atoms with Crippen molar-refractivity contribution in [3.8, 4) is 0 Å². The maximum atomic E-state index is 12.5. The summed E-state index contributed by atoms with van der Waals surface area (Å²) in [6, 6.07) is 15.6. The van der Waals surface area contributed by atoms with Gasteiger partial charge in [0.15, 0.2) is 0 Å². The summed E-state index contributed by atoms with van der Waals surface area (Å²) < 4.78 is 0. The molecule has 0 atom stereocenters. The predicted molar refractivity (Wildman–Crippen MR) is 107 cm³/mol. The zero-order valence-electron chi connectivity index (χ0n) is 15.5. The largest absolute Gasteiger partial charge is 0.354 e. The van der Waals surface area contributed by atoms with Crippen LogP contribution < -0.4 is 5.32 Å². The molecule has 1 heterocycles. The van der Waals surface area contributed by atoms with Crippen molar-refractivity contribution in [3.05, 3.63) is 70.2 Å². The number of amides is 3. The molecule has 142 valence electrons. The summed E-state index contributed by atoms with van der Waals surface area (Å²) in [5.41, 5.74) is 3.39. The lowest BCUT2D eigenvalue weighted by Gasteiger charge is -2.18. The Kier molecular flexibility index (Phi) is 6.35. The van der Waals surface area contributed by atoms with Crippen molar-refractivity contribution in [3.63, 3.8) is 0 Å². The van der Waals surface area contributed by atoms with Crippen molar-refractivity contribution < 1.29 is 9.59 Å². The molecule has 1 aliphatic rings. The summed E-state index contributed by atoms with van der Waals surface area (Å²) >= 11 is 6.00. The van der Waals surface area contributed by atoms with Gasteiger partial charge >= 0.3 is 6.03 Å². The highest BCUT2D eigenvalue weighted by molar-refractivity contribution is 6.30. The Morgan fingerprint density at radius 3 is 2.59 bits per heavy atom. The number of nitrogens with one attached hydrogen (secondary N) is 1. The molecule has 0 radical (unpaired) electrons. The molecule has 1 aliphatic heterocycles. The monoisotopic (exact) mass is 385 g/mol. The Bertz CT molecular complexity index is 825. The number of hydrogen-bond donors (Lipinski definition) is 1. The first-order chi connectivity index (χ1) is 13.0. The Morgan fingerprint density at radius 2 is 1.81 bits per heavy atom. The van der Waals surface area contributed by atoms with E-state index in [2.05, 4.69) is 30.4 Å². The summed E-state index contributed by atoms with van der Waals surface area (Å²) in [4.78, 5) is 28.0. The quantitative estimate of drug-likeness (QED) is 0.795. The fraction of sp³-hybridized carbons (Fsp3) is 0.333. The van der Waals surface area contributed by atoms with Crippen LogP contribution in [0.4, 0.5) is 4.79 Å². The van der Waals surface area contributed by atoms with Crippen molar-refractivity contribution in [2.75, 3.05) is 26.2 Å². The molecule has 3 amide bonds. The second-order valence-electron chi connectivity index (χ2n) is 6.84. The van der Waals surface area contributed by atoms with E-state index >= 15 is 0 Å². The summed E-state index contributed by atoms with van der Waals surface area (Å²) in [6.45, 7) is 4.39. The highest BCUT2D eigenvalue weighted by Gasteiger charge is 2.29. The summed E-state index contributed by atoms with van der Waals surface area (Å²) in [5.74, 6) is -0.124. The van der Waals surface area contributed by atoms with Gasteiger partial charge in [0.05, 0.1) is 0 Å². The molecule has 27 heavy (non-hydrogen) atoms. The van der Waals surface area contributed by atoms with Crippen molar-refractivity contribution in [2.45, 2.75) is 19.9 Å². The van der Waals surface area contributed by atoms with Gasteiger partial charge in [-0.15, -0.1) is 0 Å². The standard InChI is InChI=1S/C21H24ClN3O2/c1-16-4-2-5-17(12-16)8-9-23-20(26)15-25-11-10-24(21(25)27)14-18-6-3-7-19(22)13-18/h2-7,12-13H,8-11,14-15H2,1H3,(H,23,26). The lowest BCUT2D eigenvalue weighted by Crippen LogP contribution is -2.40. The summed E-state index contributed by atoms with van der Waals surface area (Å²) in [6.07, 6.45) is 0.780. The molecule has 5 nitrogen and oxygen atoms in total. The van der Waals surface area contributed by atoms with E-state index in [4.69, 9.17) is 11.6 Å². The molecule has 0 unspecified atom stereocenters. The molecule has 2 aromatic carbocycles. The molecule has 3 rings (SSSR count). The van der Waals surface area contributed by atoms with Gasteiger partial charge in [0.1, 0.15) is 6.54 Å². The van der Waals surface area contributed by atoms with Crippen LogP contribution in [0.5, 0.6) is 0 Å². The number of rotatable bonds is 7. The average molecular weight is 386 g/mol. The highest BCUT2D eigenvalue weighted by Crippen LogP contribution is 2.16. The third-order valence-electron chi connectivity index (χ3n) is 4.60. The van der Waals surface area contributed by atoms with Crippen LogP contribution in [0.2, 0.25) is 5.02 Å². The van der Waals surface area contributed by atoms with Crippen LogP contribution in [-0.4, -0.2) is 47.9 Å². The second-order valence-corrected chi connectivity index (χ2v) is 7.28. The van der Waals surface area contributed by atoms with E-state index in [1.165, 1.54) is 11.1 Å². The fourth-order valence-electron chi connectivity index (χ4n) is 3.22. The van der Waals surface area contributed by atoms with E-state index in [0.717, 1.165) is 12.0 Å². The maximum Gasteiger partial charge on any atom is 0.320 e. The Labute approximate surface area is 164 Å². The summed E-state index contributed by atoms with van der Waals surface area (Å²) in [7, 11) is 0. The molecule has 0 aromatic heterocycles. The van der Waals surface area contributed by atoms with Crippen LogP contribution in [-0.2, 0) is 17.8 Å². The lowest BCUT2D eigenvalue weighted by atomic mass is 10.1. The van der Waals surface area contributed by atoms with E-state index in [-0.39, 0.29) is 18.5 Å². The Hall–Kier alpha value is -2.53. The van der Waals surface area contributed by atoms with Gasteiger partial charge in [0, 0.05) is 31.2 Å². The lowest BCUT2D eigenvalue weighted by molar-refractivity contribution is -0.121. The molecule has 0 aliphatic carbocycles. The van der Waals surface area contributed by atoms with Gasteiger partial charge in [0.25, 0.3) is 0 Å². The van der Waals surface area contributed by atoms with E-state index in [1.807, 2.05) is 30.3 Å². The molecule has 0 spiro atoms. The van der Waals surface area contributed by atoms with Gasteiger partial charge in [-0.05, 0) is 36.6 Å². The molecule has 6 heteroatoms. The normalized spacial score (nSPS) is 13.9. The van der Waals surface area contributed by atoms with Gasteiger partial charge < -0.3 is 15.1 Å². The number of hydrogen-bond acceptors (Lipinski definition) is 2. The molecule has 1 N–H and O–H groups in total. The van der Waals surface area contributed by atoms with E-state index in [0.29, 0.717) is 31.2 Å². The number of aryl methyl sites for hydroxylation is 1. The SMILES string of the molecule is Cc1cccc(CCNC(=O)CN2CCN(Cc3cccc(Cl)c3)C2=O)c1. The number of nitrogens with zero attached hydrogens (tertiary/aromatic N) is 2. The van der Waals surface area contributed by atoms with Crippen molar-refractivity contribution in [1.29, 1.82) is 0 Å². The van der Waals surface area contributed by atoms with E-state index in [1.54, 1.807) is 9.80 Å². The molecular formula is C21H24ClN3O2. The average Bonchev–Trinajstić information content (AvgIpc) is 2.95. The molecule has 1 saturated heterocycles. The predicted octanol–water partition coefficient (Wildman–Crippen LogP) is 3.24. The maximum absolute atomic E-state index is 12.5. The van der Waals surface area contributed by atoms with Crippen LogP contribution in [0, 0.1) is 6.92 Å². The summed E-state index contributed by atoms with van der Waals surface area (Å²) in [5, 5.41) is 3.56. The zero-order valence-corrected chi connectivity index (χ0v) is 16.2.